The quantitative estimate of drug-likeness (QED) is 0.812. The van der Waals surface area contributed by atoms with Gasteiger partial charge in [-0.25, -0.2) is 0 Å². The molecule has 0 aliphatic heterocycles. The van der Waals surface area contributed by atoms with E-state index in [2.05, 4.69) is 10.3 Å². The molecule has 0 bridgehead atoms. The lowest BCUT2D eigenvalue weighted by Gasteiger charge is -2.16. The van der Waals surface area contributed by atoms with Crippen LogP contribution in [0.2, 0.25) is 5.02 Å². The van der Waals surface area contributed by atoms with Crippen molar-refractivity contribution in [2.75, 3.05) is 7.11 Å². The maximum absolute atomic E-state index is 12.3. The van der Waals surface area contributed by atoms with Crippen molar-refractivity contribution in [2.45, 2.75) is 31.0 Å². The van der Waals surface area contributed by atoms with E-state index in [0.29, 0.717) is 10.7 Å². The Bertz CT molecular complexity index is 670. The number of nitrogens with two attached hydrogens (primary N) is 1. The van der Waals surface area contributed by atoms with Crippen molar-refractivity contribution in [1.29, 1.82) is 0 Å². The van der Waals surface area contributed by atoms with E-state index in [1.165, 1.54) is 0 Å². The van der Waals surface area contributed by atoms with Crippen LogP contribution in [0.5, 0.6) is 0 Å². The molecule has 0 radical (unpaired) electrons. The minimum absolute atomic E-state index is 0.0579. The van der Waals surface area contributed by atoms with Crippen LogP contribution in [0.15, 0.2) is 24.3 Å². The molecule has 112 valence electrons. The summed E-state index contributed by atoms with van der Waals surface area (Å²) in [5.74, 6) is -0.153. The molecule has 1 aromatic carbocycles. The first kappa shape index (κ1) is 14.4. The van der Waals surface area contributed by atoms with Gasteiger partial charge >= 0.3 is 0 Å². The minimum atomic E-state index is -0.153. The molecule has 2 unspecified atom stereocenters. The Kier molecular flexibility index (Phi) is 3.89. The molecule has 6 heteroatoms. The minimum Gasteiger partial charge on any atom is -0.381 e. The van der Waals surface area contributed by atoms with E-state index in [1.54, 1.807) is 19.2 Å². The van der Waals surface area contributed by atoms with Gasteiger partial charge in [-0.1, -0.05) is 11.6 Å². The molecule has 3 rings (SSSR count). The molecule has 1 fully saturated rings. The van der Waals surface area contributed by atoms with E-state index in [4.69, 9.17) is 22.1 Å². The van der Waals surface area contributed by atoms with Crippen molar-refractivity contribution in [2.24, 2.45) is 5.73 Å². The van der Waals surface area contributed by atoms with Crippen molar-refractivity contribution in [1.82, 2.24) is 10.3 Å². The van der Waals surface area contributed by atoms with E-state index in [1.807, 2.05) is 12.1 Å². The van der Waals surface area contributed by atoms with Crippen LogP contribution >= 0.6 is 11.6 Å². The summed E-state index contributed by atoms with van der Waals surface area (Å²) in [5, 5.41) is 4.54. The molecule has 5 nitrogen and oxygen atoms in total. The summed E-state index contributed by atoms with van der Waals surface area (Å²) in [7, 11) is 1.67. The molecule has 3 atom stereocenters. The van der Waals surface area contributed by atoms with Crippen LogP contribution in [-0.2, 0) is 4.74 Å². The van der Waals surface area contributed by atoms with E-state index < -0.39 is 0 Å². The molecule has 1 aliphatic carbocycles. The summed E-state index contributed by atoms with van der Waals surface area (Å²) >= 11 is 5.95. The number of aromatic amines is 1. The number of ether oxygens (including phenoxy) is 1. The van der Waals surface area contributed by atoms with Crippen molar-refractivity contribution in [3.05, 3.63) is 35.0 Å². The van der Waals surface area contributed by atoms with E-state index in [9.17, 15) is 4.79 Å². The lowest BCUT2D eigenvalue weighted by molar-refractivity contribution is 0.0910. The highest BCUT2D eigenvalue weighted by Crippen LogP contribution is 2.23. The number of hydrogen-bond donors (Lipinski definition) is 3. The molecule has 1 aliphatic rings. The third-order valence-electron chi connectivity index (χ3n) is 4.05. The molecule has 0 saturated heterocycles. The fourth-order valence-corrected chi connectivity index (χ4v) is 3.03. The Morgan fingerprint density at radius 1 is 1.43 bits per heavy atom. The molecule has 1 saturated carbocycles. The average molecular weight is 308 g/mol. The predicted octanol–water partition coefficient (Wildman–Crippen LogP) is 2.06. The Balaban J connectivity index is 1.75. The molecule has 21 heavy (non-hydrogen) atoms. The third kappa shape index (κ3) is 2.90. The van der Waals surface area contributed by atoms with Crippen molar-refractivity contribution in [3.8, 4) is 0 Å². The molecule has 2 aromatic rings. The second-order valence-corrected chi connectivity index (χ2v) is 5.92. The molecule has 4 N–H and O–H groups in total. The lowest BCUT2D eigenvalue weighted by Crippen LogP contribution is -2.44. The zero-order valence-corrected chi connectivity index (χ0v) is 12.5. The zero-order valence-electron chi connectivity index (χ0n) is 11.7. The van der Waals surface area contributed by atoms with Crippen molar-refractivity contribution in [3.63, 3.8) is 0 Å². The third-order valence-corrected chi connectivity index (χ3v) is 4.28. The topological polar surface area (TPSA) is 80.1 Å². The number of nitrogens with one attached hydrogen (secondary N) is 2. The number of fused-ring (bicyclic) bond motifs is 1. The van der Waals surface area contributed by atoms with E-state index in [0.717, 1.165) is 23.7 Å². The number of aromatic nitrogens is 1. The van der Waals surface area contributed by atoms with Gasteiger partial charge in [-0.3, -0.25) is 4.79 Å². The Hall–Kier alpha value is -1.56. The lowest BCUT2D eigenvalue weighted by atomic mass is 10.2. The van der Waals surface area contributed by atoms with Crippen LogP contribution in [-0.4, -0.2) is 36.2 Å². The molecular weight excluding hydrogens is 290 g/mol. The standard InChI is InChI=1S/C15H18ClN3O2/c1-21-10-6-11(17)13(7-10)19-15(20)14-5-8-4-9(16)2-3-12(8)18-14/h2-5,10-11,13,18H,6-7,17H2,1H3,(H,19,20)/t10?,11?,13-/m1/s1. The first-order valence-corrected chi connectivity index (χ1v) is 7.32. The van der Waals surface area contributed by atoms with Crippen LogP contribution in [0.1, 0.15) is 23.3 Å². The van der Waals surface area contributed by atoms with Gasteiger partial charge in [-0.15, -0.1) is 0 Å². The van der Waals surface area contributed by atoms with Gasteiger partial charge in [0.15, 0.2) is 0 Å². The maximum Gasteiger partial charge on any atom is 0.268 e. The summed E-state index contributed by atoms with van der Waals surface area (Å²) in [5.41, 5.74) is 7.44. The number of hydrogen-bond acceptors (Lipinski definition) is 3. The van der Waals surface area contributed by atoms with Gasteiger partial charge in [0, 0.05) is 35.1 Å². The van der Waals surface area contributed by atoms with Crippen molar-refractivity contribution >= 4 is 28.4 Å². The first-order chi connectivity index (χ1) is 10.1. The van der Waals surface area contributed by atoms with Gasteiger partial charge < -0.3 is 20.8 Å². The van der Waals surface area contributed by atoms with Gasteiger partial charge in [0.1, 0.15) is 5.69 Å². The zero-order chi connectivity index (χ0) is 15.0. The summed E-state index contributed by atoms with van der Waals surface area (Å²) in [6.45, 7) is 0. The van der Waals surface area contributed by atoms with E-state index >= 15 is 0 Å². The Morgan fingerprint density at radius 3 is 2.95 bits per heavy atom. The van der Waals surface area contributed by atoms with Gasteiger partial charge in [-0.2, -0.15) is 0 Å². The van der Waals surface area contributed by atoms with Crippen LogP contribution < -0.4 is 11.1 Å². The number of methoxy groups -OCH3 is 1. The normalized spacial score (nSPS) is 25.4. The average Bonchev–Trinajstić information content (AvgIpc) is 3.02. The van der Waals surface area contributed by atoms with Gasteiger partial charge in [0.05, 0.1) is 6.10 Å². The van der Waals surface area contributed by atoms with Crippen molar-refractivity contribution < 1.29 is 9.53 Å². The number of amides is 1. The van der Waals surface area contributed by atoms with Gasteiger partial charge in [0.25, 0.3) is 5.91 Å². The maximum atomic E-state index is 12.3. The highest BCUT2D eigenvalue weighted by molar-refractivity contribution is 6.31. The smallest absolute Gasteiger partial charge is 0.268 e. The fraction of sp³-hybridized carbons (Fsp3) is 0.400. The SMILES string of the molecule is COC1CC(N)[C@H](NC(=O)c2cc3cc(Cl)ccc3[nH]2)C1. The molecular formula is C15H18ClN3O2. The van der Waals surface area contributed by atoms with Crippen LogP contribution in [0.3, 0.4) is 0 Å². The summed E-state index contributed by atoms with van der Waals surface area (Å²) in [4.78, 5) is 15.4. The molecule has 1 heterocycles. The number of H-pyrrole nitrogens is 1. The fourth-order valence-electron chi connectivity index (χ4n) is 2.85. The van der Waals surface area contributed by atoms with Gasteiger partial charge in [-0.05, 0) is 37.1 Å². The summed E-state index contributed by atoms with van der Waals surface area (Å²) in [6.07, 6.45) is 1.63. The largest absolute Gasteiger partial charge is 0.381 e. The van der Waals surface area contributed by atoms with Crippen LogP contribution in [0, 0.1) is 0 Å². The highest BCUT2D eigenvalue weighted by atomic mass is 35.5. The number of rotatable bonds is 3. The van der Waals surface area contributed by atoms with E-state index in [-0.39, 0.29) is 24.1 Å². The molecule has 1 aromatic heterocycles. The summed E-state index contributed by atoms with van der Waals surface area (Å²) < 4.78 is 5.31. The van der Waals surface area contributed by atoms with Crippen LogP contribution in [0.25, 0.3) is 10.9 Å². The summed E-state index contributed by atoms with van der Waals surface area (Å²) in [6, 6.07) is 7.14. The monoisotopic (exact) mass is 307 g/mol. The number of carbonyl (C=O) groups is 1. The Labute approximate surface area is 127 Å². The number of carbonyl (C=O) groups excluding carboxylic acids is 1. The predicted molar refractivity (Wildman–Crippen MR) is 82.6 cm³/mol. The first-order valence-electron chi connectivity index (χ1n) is 6.94. The van der Waals surface area contributed by atoms with Gasteiger partial charge in [0.2, 0.25) is 0 Å². The highest BCUT2D eigenvalue weighted by Gasteiger charge is 2.33. The second kappa shape index (κ2) is 5.67. The number of benzene rings is 1. The second-order valence-electron chi connectivity index (χ2n) is 5.49. The number of halogens is 1. The van der Waals surface area contributed by atoms with Crippen LogP contribution in [0.4, 0.5) is 0 Å². The Morgan fingerprint density at radius 2 is 2.24 bits per heavy atom. The molecule has 0 spiro atoms. The molecule has 1 amide bonds.